The number of benzene rings is 1. The fourth-order valence-electron chi connectivity index (χ4n) is 4.24. The van der Waals surface area contributed by atoms with Crippen molar-refractivity contribution in [2.24, 2.45) is 0 Å². The predicted molar refractivity (Wildman–Crippen MR) is 118 cm³/mol. The van der Waals surface area contributed by atoms with Gasteiger partial charge in [0.2, 0.25) is 5.91 Å². The van der Waals surface area contributed by atoms with E-state index < -0.39 is 17.7 Å². The molecule has 1 amide bonds. The number of alkyl halides is 1. The minimum atomic E-state index is -1.42. The largest absolute Gasteiger partial charge is 0.388 e. The van der Waals surface area contributed by atoms with Crippen molar-refractivity contribution in [2.45, 2.75) is 44.5 Å². The zero-order valence-electron chi connectivity index (χ0n) is 17.7. The van der Waals surface area contributed by atoms with Gasteiger partial charge < -0.3 is 10.4 Å². The van der Waals surface area contributed by atoms with Crippen molar-refractivity contribution in [1.29, 1.82) is 0 Å². The van der Waals surface area contributed by atoms with Gasteiger partial charge in [0.05, 0.1) is 47.9 Å². The molecule has 32 heavy (non-hydrogen) atoms. The highest BCUT2D eigenvalue weighted by Crippen LogP contribution is 2.41. The van der Waals surface area contributed by atoms with Crippen LogP contribution in [0.4, 0.5) is 10.1 Å². The van der Waals surface area contributed by atoms with Gasteiger partial charge >= 0.3 is 0 Å². The molecular weight excluding hydrogens is 411 g/mol. The maximum Gasteiger partial charge on any atom is 0.232 e. The molecule has 3 N–H and O–H groups in total. The molecule has 0 bridgehead atoms. The van der Waals surface area contributed by atoms with E-state index in [-0.39, 0.29) is 12.5 Å². The van der Waals surface area contributed by atoms with Gasteiger partial charge in [0.25, 0.3) is 0 Å². The second-order valence-electron chi connectivity index (χ2n) is 8.73. The van der Waals surface area contributed by atoms with Crippen LogP contribution in [-0.2, 0) is 11.3 Å². The van der Waals surface area contributed by atoms with Crippen molar-refractivity contribution < 1.29 is 14.3 Å². The Labute approximate surface area is 183 Å². The lowest BCUT2D eigenvalue weighted by molar-refractivity contribution is -0.117. The Bertz CT molecular complexity index is 1310. The molecule has 1 aromatic carbocycles. The number of carbonyl (C=O) groups excluding carboxylic acids is 1. The lowest BCUT2D eigenvalue weighted by atomic mass is 10.0. The summed E-state index contributed by atoms with van der Waals surface area (Å²) in [5.41, 5.74) is 2.52. The number of anilines is 1. The Morgan fingerprint density at radius 1 is 1.28 bits per heavy atom. The van der Waals surface area contributed by atoms with Crippen LogP contribution in [0.1, 0.15) is 43.4 Å². The van der Waals surface area contributed by atoms with Crippen LogP contribution >= 0.6 is 0 Å². The van der Waals surface area contributed by atoms with Gasteiger partial charge in [-0.1, -0.05) is 24.3 Å². The van der Waals surface area contributed by atoms with E-state index in [1.54, 1.807) is 23.1 Å². The number of H-pyrrole nitrogens is 1. The van der Waals surface area contributed by atoms with E-state index in [1.807, 2.05) is 24.3 Å². The van der Waals surface area contributed by atoms with Crippen molar-refractivity contribution >= 4 is 22.5 Å². The quantitative estimate of drug-likeness (QED) is 0.444. The summed E-state index contributed by atoms with van der Waals surface area (Å²) < 4.78 is 15.8. The van der Waals surface area contributed by atoms with E-state index in [0.717, 1.165) is 22.0 Å². The molecule has 2 atom stereocenters. The molecular formula is C23H23FN6O2. The Hall–Kier alpha value is -3.59. The lowest BCUT2D eigenvalue weighted by Crippen LogP contribution is -2.21. The maximum atomic E-state index is 14.2. The van der Waals surface area contributed by atoms with Gasteiger partial charge in [0.15, 0.2) is 0 Å². The molecule has 4 aromatic rings. The SMILES string of the molecule is CC(C)(F)Cn1ncc2cnc(-c3[nH]ncc3NC(=O)C3CC(O)c4ccccc43)cc21. The molecule has 3 aromatic heterocycles. The van der Waals surface area contributed by atoms with E-state index in [9.17, 15) is 14.3 Å². The summed E-state index contributed by atoms with van der Waals surface area (Å²) in [6, 6.07) is 9.23. The Morgan fingerprint density at radius 3 is 2.84 bits per heavy atom. The fraction of sp³-hybridized carbons (Fsp3) is 0.304. The van der Waals surface area contributed by atoms with Crippen molar-refractivity contribution in [3.63, 3.8) is 0 Å². The third-order valence-electron chi connectivity index (χ3n) is 5.71. The summed E-state index contributed by atoms with van der Waals surface area (Å²) in [5.74, 6) is -0.672. The summed E-state index contributed by atoms with van der Waals surface area (Å²) in [6.07, 6.45) is 4.51. The highest BCUT2D eigenvalue weighted by atomic mass is 19.1. The first kappa shape index (κ1) is 20.3. The average molecular weight is 434 g/mol. The molecule has 0 aliphatic heterocycles. The van der Waals surface area contributed by atoms with Crippen LogP contribution in [0.25, 0.3) is 22.3 Å². The van der Waals surface area contributed by atoms with Crippen LogP contribution in [0.2, 0.25) is 0 Å². The number of aromatic nitrogens is 5. The molecule has 3 heterocycles. The molecule has 0 spiro atoms. The Balaban J connectivity index is 1.43. The summed E-state index contributed by atoms with van der Waals surface area (Å²) >= 11 is 0. The zero-order chi connectivity index (χ0) is 22.5. The monoisotopic (exact) mass is 434 g/mol. The number of amides is 1. The van der Waals surface area contributed by atoms with Gasteiger partial charge in [-0.15, -0.1) is 0 Å². The van der Waals surface area contributed by atoms with Crippen molar-refractivity contribution in [3.8, 4) is 11.4 Å². The molecule has 0 saturated carbocycles. The number of rotatable bonds is 5. The highest BCUT2D eigenvalue weighted by molar-refractivity contribution is 5.99. The summed E-state index contributed by atoms with van der Waals surface area (Å²) in [7, 11) is 0. The predicted octanol–water partition coefficient (Wildman–Crippen LogP) is 3.73. The van der Waals surface area contributed by atoms with Gasteiger partial charge in [-0.05, 0) is 37.5 Å². The minimum Gasteiger partial charge on any atom is -0.388 e. The van der Waals surface area contributed by atoms with Crippen LogP contribution in [0.3, 0.4) is 0 Å². The molecule has 2 unspecified atom stereocenters. The second-order valence-corrected chi connectivity index (χ2v) is 8.73. The zero-order valence-corrected chi connectivity index (χ0v) is 17.7. The van der Waals surface area contributed by atoms with E-state index in [4.69, 9.17) is 0 Å². The number of aliphatic hydroxyl groups excluding tert-OH is 1. The van der Waals surface area contributed by atoms with Gasteiger partial charge in [-0.3, -0.25) is 19.6 Å². The van der Waals surface area contributed by atoms with Crippen LogP contribution in [-0.4, -0.2) is 41.6 Å². The van der Waals surface area contributed by atoms with Crippen LogP contribution in [0.5, 0.6) is 0 Å². The molecule has 0 radical (unpaired) electrons. The normalized spacial score (nSPS) is 18.1. The third kappa shape index (κ3) is 3.64. The Morgan fingerprint density at radius 2 is 2.06 bits per heavy atom. The first-order valence-electron chi connectivity index (χ1n) is 10.4. The molecule has 8 nitrogen and oxygen atoms in total. The van der Waals surface area contributed by atoms with Crippen LogP contribution in [0.15, 0.2) is 48.9 Å². The van der Waals surface area contributed by atoms with E-state index in [2.05, 4.69) is 25.6 Å². The third-order valence-corrected chi connectivity index (χ3v) is 5.71. The van der Waals surface area contributed by atoms with Crippen molar-refractivity contribution in [2.75, 3.05) is 5.32 Å². The number of aliphatic hydroxyl groups is 1. The summed E-state index contributed by atoms with van der Waals surface area (Å²) in [6.45, 7) is 3.11. The maximum absolute atomic E-state index is 14.2. The van der Waals surface area contributed by atoms with E-state index in [1.165, 1.54) is 20.0 Å². The van der Waals surface area contributed by atoms with Crippen molar-refractivity contribution in [1.82, 2.24) is 25.0 Å². The van der Waals surface area contributed by atoms with Crippen molar-refractivity contribution in [3.05, 3.63) is 60.0 Å². The van der Waals surface area contributed by atoms with Crippen LogP contribution < -0.4 is 5.32 Å². The number of nitrogens with zero attached hydrogens (tertiary/aromatic N) is 4. The lowest BCUT2D eigenvalue weighted by Gasteiger charge is -2.15. The number of halogens is 1. The van der Waals surface area contributed by atoms with Gasteiger partial charge in [-0.25, -0.2) is 4.39 Å². The summed E-state index contributed by atoms with van der Waals surface area (Å²) in [4.78, 5) is 17.5. The molecule has 1 aliphatic rings. The summed E-state index contributed by atoms with van der Waals surface area (Å²) in [5, 5.41) is 25.3. The molecule has 1 aliphatic carbocycles. The number of hydrogen-bond acceptors (Lipinski definition) is 5. The standard InChI is InChI=1S/C23H23FN6O2/c1-23(2,24)12-30-19-8-17(25-9-13(19)10-27-30)21-18(11-26-29-21)28-22(32)16-7-20(31)15-6-4-3-5-14(15)16/h3-6,8-11,16,20,31H,7,12H2,1-2H3,(H,26,29)(H,28,32). The van der Waals surface area contributed by atoms with E-state index >= 15 is 0 Å². The van der Waals surface area contributed by atoms with Crippen LogP contribution in [0, 0.1) is 0 Å². The number of nitrogens with one attached hydrogen (secondary N) is 2. The average Bonchev–Trinajstić information content (AvgIpc) is 3.45. The first-order valence-corrected chi connectivity index (χ1v) is 10.4. The van der Waals surface area contributed by atoms with Gasteiger partial charge in [-0.2, -0.15) is 10.2 Å². The Kier molecular flexibility index (Phi) is 4.78. The molecule has 0 saturated heterocycles. The number of pyridine rings is 1. The fourth-order valence-corrected chi connectivity index (χ4v) is 4.24. The van der Waals surface area contributed by atoms with E-state index in [0.29, 0.717) is 23.5 Å². The second kappa shape index (κ2) is 7.52. The molecule has 164 valence electrons. The number of aromatic amines is 1. The topological polar surface area (TPSA) is 109 Å². The minimum absolute atomic E-state index is 0.107. The number of carbonyl (C=O) groups is 1. The molecule has 9 heteroatoms. The number of fused-ring (bicyclic) bond motifs is 2. The first-order chi connectivity index (χ1) is 15.3. The number of hydrogen-bond donors (Lipinski definition) is 3. The highest BCUT2D eigenvalue weighted by Gasteiger charge is 2.34. The molecule has 5 rings (SSSR count). The van der Waals surface area contributed by atoms with Gasteiger partial charge in [0, 0.05) is 11.6 Å². The van der Waals surface area contributed by atoms with Gasteiger partial charge in [0.1, 0.15) is 11.4 Å². The smallest absolute Gasteiger partial charge is 0.232 e. The molecule has 0 fully saturated rings.